The van der Waals surface area contributed by atoms with Gasteiger partial charge in [-0.05, 0) is 48.2 Å². The fraction of sp³-hybridized carbons (Fsp3) is 0.154. The van der Waals surface area contributed by atoms with Crippen LogP contribution in [0.5, 0.6) is 0 Å². The molecule has 0 aliphatic carbocycles. The van der Waals surface area contributed by atoms with Gasteiger partial charge in [-0.15, -0.1) is 11.8 Å². The third-order valence-electron chi connectivity index (χ3n) is 5.67. The van der Waals surface area contributed by atoms with Gasteiger partial charge in [0.2, 0.25) is 11.8 Å². The van der Waals surface area contributed by atoms with Gasteiger partial charge in [0.15, 0.2) is 5.13 Å². The number of fused-ring (bicyclic) bond motifs is 1. The molecular weight excluding hydrogens is 466 g/mol. The lowest BCUT2D eigenvalue weighted by atomic mass is 10.1. The highest BCUT2D eigenvalue weighted by Crippen LogP contribution is 2.35. The fourth-order valence-electron chi connectivity index (χ4n) is 3.96. The minimum atomic E-state index is -0.214. The van der Waals surface area contributed by atoms with Gasteiger partial charge >= 0.3 is 0 Å². The fourth-order valence-corrected chi connectivity index (χ4v) is 5.58. The van der Waals surface area contributed by atoms with Crippen LogP contribution in [0.3, 0.4) is 0 Å². The topological polar surface area (TPSA) is 70.6 Å². The number of aromatic nitrogens is 1. The Morgan fingerprint density at radius 3 is 2.35 bits per heavy atom. The molecule has 3 aromatic carbocycles. The zero-order valence-electron chi connectivity index (χ0n) is 18.4. The highest BCUT2D eigenvalue weighted by Gasteiger charge is 2.30. The Labute approximate surface area is 205 Å². The van der Waals surface area contributed by atoms with Gasteiger partial charge < -0.3 is 0 Å². The predicted octanol–water partition coefficient (Wildman–Crippen LogP) is 5.52. The van der Waals surface area contributed by atoms with Crippen LogP contribution in [0.15, 0.2) is 77.7 Å². The molecule has 8 heteroatoms. The molecule has 0 radical (unpaired) electrons. The molecule has 1 aliphatic heterocycles. The molecule has 1 saturated heterocycles. The van der Waals surface area contributed by atoms with Gasteiger partial charge in [-0.25, -0.2) is 4.98 Å². The smallest absolute Gasteiger partial charge is 0.260 e. The maximum Gasteiger partial charge on any atom is 0.260 e. The Bertz CT molecular complexity index is 1370. The number of nitrogens with zero attached hydrogens (tertiary/aromatic N) is 3. The maximum absolute atomic E-state index is 13.7. The number of amides is 3. The highest BCUT2D eigenvalue weighted by molar-refractivity contribution is 7.98. The summed E-state index contributed by atoms with van der Waals surface area (Å²) < 4.78 is 1.02. The van der Waals surface area contributed by atoms with E-state index in [1.807, 2.05) is 54.8 Å². The second-order valence-corrected chi connectivity index (χ2v) is 9.71. The minimum Gasteiger partial charge on any atom is -0.279 e. The summed E-state index contributed by atoms with van der Waals surface area (Å²) in [4.78, 5) is 46.6. The summed E-state index contributed by atoms with van der Waals surface area (Å²) in [5, 5.41) is 0.624. The van der Waals surface area contributed by atoms with Crippen LogP contribution in [0.1, 0.15) is 28.8 Å². The van der Waals surface area contributed by atoms with E-state index in [1.54, 1.807) is 40.9 Å². The number of carbonyl (C=O) groups is 3. The Morgan fingerprint density at radius 2 is 1.68 bits per heavy atom. The number of thioether (sulfide) groups is 1. The van der Waals surface area contributed by atoms with Crippen LogP contribution >= 0.6 is 23.1 Å². The van der Waals surface area contributed by atoms with Gasteiger partial charge in [0.05, 0.1) is 22.4 Å². The molecule has 3 amide bonds. The van der Waals surface area contributed by atoms with Crippen LogP contribution < -0.4 is 9.80 Å². The van der Waals surface area contributed by atoms with E-state index in [1.165, 1.54) is 16.2 Å². The Morgan fingerprint density at radius 1 is 0.971 bits per heavy atom. The first-order valence-corrected chi connectivity index (χ1v) is 12.8. The molecule has 2 heterocycles. The Kier molecular flexibility index (Phi) is 6.17. The number of para-hydroxylation sites is 1. The second-order valence-electron chi connectivity index (χ2n) is 7.85. The normalized spacial score (nSPS) is 13.6. The van der Waals surface area contributed by atoms with Crippen molar-refractivity contribution in [1.29, 1.82) is 0 Å². The Hall–Kier alpha value is -3.49. The quantitative estimate of drug-likeness (QED) is 0.265. The summed E-state index contributed by atoms with van der Waals surface area (Å²) in [5.74, 6) is -0.623. The molecule has 0 unspecified atom stereocenters. The average Bonchev–Trinajstić information content (AvgIpc) is 3.45. The van der Waals surface area contributed by atoms with Crippen LogP contribution in [-0.2, 0) is 16.1 Å². The molecule has 34 heavy (non-hydrogen) atoms. The summed E-state index contributed by atoms with van der Waals surface area (Å²) in [6, 6.07) is 22.5. The summed E-state index contributed by atoms with van der Waals surface area (Å²) in [5.41, 5.74) is 2.83. The van der Waals surface area contributed by atoms with Gasteiger partial charge in [0, 0.05) is 23.3 Å². The van der Waals surface area contributed by atoms with Crippen molar-refractivity contribution in [2.24, 2.45) is 0 Å². The molecule has 5 rings (SSSR count). The molecule has 6 nitrogen and oxygen atoms in total. The van der Waals surface area contributed by atoms with Crippen LogP contribution in [-0.4, -0.2) is 29.0 Å². The van der Waals surface area contributed by atoms with Crippen LogP contribution in [0.4, 0.5) is 10.8 Å². The van der Waals surface area contributed by atoms with Gasteiger partial charge in [-0.3, -0.25) is 24.2 Å². The van der Waals surface area contributed by atoms with Crippen molar-refractivity contribution in [3.8, 4) is 0 Å². The van der Waals surface area contributed by atoms with Crippen LogP contribution in [0.2, 0.25) is 0 Å². The predicted molar refractivity (Wildman–Crippen MR) is 137 cm³/mol. The first-order valence-electron chi connectivity index (χ1n) is 10.8. The number of carbonyl (C=O) groups excluding carboxylic acids is 3. The van der Waals surface area contributed by atoms with E-state index < -0.39 is 0 Å². The van der Waals surface area contributed by atoms with Gasteiger partial charge in [-0.1, -0.05) is 47.7 Å². The number of thiazole rings is 1. The van der Waals surface area contributed by atoms with Crippen molar-refractivity contribution in [2.45, 2.75) is 24.3 Å². The van der Waals surface area contributed by atoms with Gasteiger partial charge in [0.1, 0.15) is 0 Å². The van der Waals surface area contributed by atoms with Crippen molar-refractivity contribution in [3.63, 3.8) is 0 Å². The number of anilines is 2. The van der Waals surface area contributed by atoms with Crippen molar-refractivity contribution in [2.75, 3.05) is 16.1 Å². The number of hydrogen-bond acceptors (Lipinski definition) is 6. The monoisotopic (exact) mass is 487 g/mol. The summed E-state index contributed by atoms with van der Waals surface area (Å²) >= 11 is 3.11. The summed E-state index contributed by atoms with van der Waals surface area (Å²) in [6.07, 6.45) is 2.46. The molecule has 1 aromatic heterocycles. The van der Waals surface area contributed by atoms with Crippen molar-refractivity contribution >= 4 is 61.9 Å². The van der Waals surface area contributed by atoms with E-state index >= 15 is 0 Å². The van der Waals surface area contributed by atoms with E-state index in [2.05, 4.69) is 0 Å². The lowest BCUT2D eigenvalue weighted by Gasteiger charge is -2.21. The standard InChI is InChI=1S/C26H21N3O3S2/c1-33-20-8-5-9-21-24(20)27-26(34-21)28(16-17-6-3-2-4-7-17)25(32)18-10-12-19(13-11-18)29-22(30)14-15-23(29)31/h2-13H,14-16H2,1H3. The van der Waals surface area contributed by atoms with E-state index in [0.29, 0.717) is 22.9 Å². The number of rotatable bonds is 6. The summed E-state index contributed by atoms with van der Waals surface area (Å²) in [7, 11) is 0. The van der Waals surface area contributed by atoms with E-state index in [9.17, 15) is 14.4 Å². The lowest BCUT2D eigenvalue weighted by Crippen LogP contribution is -2.31. The Balaban J connectivity index is 1.51. The maximum atomic E-state index is 13.7. The minimum absolute atomic E-state index is 0.195. The zero-order valence-corrected chi connectivity index (χ0v) is 20.1. The molecule has 4 aromatic rings. The van der Waals surface area contributed by atoms with E-state index in [4.69, 9.17) is 4.98 Å². The molecule has 0 spiro atoms. The van der Waals surface area contributed by atoms with Crippen molar-refractivity contribution in [1.82, 2.24) is 4.98 Å². The first-order chi connectivity index (χ1) is 16.5. The molecule has 1 aliphatic rings. The zero-order chi connectivity index (χ0) is 23.7. The van der Waals surface area contributed by atoms with Gasteiger partial charge in [0.25, 0.3) is 5.91 Å². The van der Waals surface area contributed by atoms with Gasteiger partial charge in [-0.2, -0.15) is 0 Å². The lowest BCUT2D eigenvalue weighted by molar-refractivity contribution is -0.121. The van der Waals surface area contributed by atoms with E-state index in [0.717, 1.165) is 20.7 Å². The average molecular weight is 488 g/mol. The third-order valence-corrected chi connectivity index (χ3v) is 7.49. The summed E-state index contributed by atoms with van der Waals surface area (Å²) in [6.45, 7) is 0.374. The van der Waals surface area contributed by atoms with Crippen LogP contribution in [0.25, 0.3) is 10.2 Å². The number of benzene rings is 3. The van der Waals surface area contributed by atoms with Crippen molar-refractivity contribution in [3.05, 3.63) is 83.9 Å². The highest BCUT2D eigenvalue weighted by atomic mass is 32.2. The molecule has 170 valence electrons. The third kappa shape index (κ3) is 4.22. The molecule has 1 fully saturated rings. The number of imide groups is 1. The SMILES string of the molecule is CSc1cccc2sc(N(Cc3ccccc3)C(=O)c3ccc(N4C(=O)CCC4=O)cc3)nc12. The van der Waals surface area contributed by atoms with Crippen molar-refractivity contribution < 1.29 is 14.4 Å². The molecule has 0 bridgehead atoms. The van der Waals surface area contributed by atoms with Crippen LogP contribution in [0, 0.1) is 0 Å². The molecular formula is C26H21N3O3S2. The van der Waals surface area contributed by atoms with E-state index in [-0.39, 0.29) is 30.6 Å². The molecule has 0 N–H and O–H groups in total. The number of hydrogen-bond donors (Lipinski definition) is 0. The second kappa shape index (κ2) is 9.40. The largest absolute Gasteiger partial charge is 0.279 e. The molecule has 0 saturated carbocycles. The molecule has 0 atom stereocenters. The first kappa shape index (κ1) is 22.3.